The van der Waals surface area contributed by atoms with Gasteiger partial charge in [-0.05, 0) is 31.7 Å². The van der Waals surface area contributed by atoms with Crippen LogP contribution in [0.3, 0.4) is 0 Å². The molecule has 0 aromatic heterocycles. The monoisotopic (exact) mass is 262 g/mol. The molecule has 1 aliphatic carbocycles. The van der Waals surface area contributed by atoms with Crippen LogP contribution in [-0.2, 0) is 4.79 Å². The zero-order valence-corrected chi connectivity index (χ0v) is 11.1. The van der Waals surface area contributed by atoms with Gasteiger partial charge in [0.1, 0.15) is 0 Å². The average molecular weight is 262 g/mol. The minimum atomic E-state index is -2.57. The van der Waals surface area contributed by atoms with E-state index in [0.29, 0.717) is 31.8 Å². The van der Waals surface area contributed by atoms with Crippen molar-refractivity contribution in [3.8, 4) is 0 Å². The lowest BCUT2D eigenvalue weighted by atomic mass is 9.86. The van der Waals surface area contributed by atoms with Gasteiger partial charge in [-0.1, -0.05) is 13.3 Å². The van der Waals surface area contributed by atoms with Crippen molar-refractivity contribution in [1.82, 2.24) is 5.32 Å². The molecule has 18 heavy (non-hydrogen) atoms. The van der Waals surface area contributed by atoms with Gasteiger partial charge in [0.25, 0.3) is 0 Å². The van der Waals surface area contributed by atoms with Gasteiger partial charge >= 0.3 is 0 Å². The Labute approximate surface area is 107 Å². The van der Waals surface area contributed by atoms with Crippen molar-refractivity contribution in [2.45, 2.75) is 51.4 Å². The predicted molar refractivity (Wildman–Crippen MR) is 67.4 cm³/mol. The van der Waals surface area contributed by atoms with Crippen LogP contribution in [-0.4, -0.2) is 24.9 Å². The SMILES string of the molecule is CCC(CCN)CNC(=O)C1CCC(F)(F)CC1. The van der Waals surface area contributed by atoms with E-state index in [1.165, 1.54) is 0 Å². The van der Waals surface area contributed by atoms with Crippen LogP contribution >= 0.6 is 0 Å². The Balaban J connectivity index is 2.29. The number of nitrogens with one attached hydrogen (secondary N) is 1. The van der Waals surface area contributed by atoms with Crippen molar-refractivity contribution < 1.29 is 13.6 Å². The number of hydrogen-bond acceptors (Lipinski definition) is 2. The predicted octanol–water partition coefficient (Wildman–Crippen LogP) is 2.30. The summed E-state index contributed by atoms with van der Waals surface area (Å²) in [4.78, 5) is 11.8. The van der Waals surface area contributed by atoms with E-state index in [0.717, 1.165) is 12.8 Å². The van der Waals surface area contributed by atoms with Gasteiger partial charge in [0.05, 0.1) is 0 Å². The number of amides is 1. The molecular weight excluding hydrogens is 238 g/mol. The second kappa shape index (κ2) is 7.02. The van der Waals surface area contributed by atoms with E-state index < -0.39 is 5.92 Å². The molecule has 106 valence electrons. The average Bonchev–Trinajstić information content (AvgIpc) is 2.34. The quantitative estimate of drug-likeness (QED) is 0.771. The van der Waals surface area contributed by atoms with Crippen molar-refractivity contribution in [3.63, 3.8) is 0 Å². The van der Waals surface area contributed by atoms with E-state index in [1.807, 2.05) is 0 Å². The Bertz CT molecular complexity index is 262. The smallest absolute Gasteiger partial charge is 0.248 e. The van der Waals surface area contributed by atoms with Crippen LogP contribution in [0.25, 0.3) is 0 Å². The van der Waals surface area contributed by atoms with Gasteiger partial charge in [0.2, 0.25) is 11.8 Å². The minimum absolute atomic E-state index is 0.0685. The normalized spacial score (nSPS) is 21.6. The number of carbonyl (C=O) groups is 1. The summed E-state index contributed by atoms with van der Waals surface area (Å²) in [7, 11) is 0. The van der Waals surface area contributed by atoms with Gasteiger partial charge in [-0.15, -0.1) is 0 Å². The maximum atomic E-state index is 13.0. The van der Waals surface area contributed by atoms with Crippen molar-refractivity contribution in [2.75, 3.05) is 13.1 Å². The molecule has 1 amide bonds. The molecule has 3 N–H and O–H groups in total. The van der Waals surface area contributed by atoms with Crippen LogP contribution in [0.15, 0.2) is 0 Å². The highest BCUT2D eigenvalue weighted by Crippen LogP contribution is 2.36. The third kappa shape index (κ3) is 4.88. The van der Waals surface area contributed by atoms with Gasteiger partial charge in [-0.3, -0.25) is 4.79 Å². The molecule has 1 rings (SSSR count). The number of hydrogen-bond donors (Lipinski definition) is 2. The van der Waals surface area contributed by atoms with E-state index in [9.17, 15) is 13.6 Å². The molecule has 1 atom stereocenters. The van der Waals surface area contributed by atoms with E-state index in [1.54, 1.807) is 0 Å². The van der Waals surface area contributed by atoms with Crippen molar-refractivity contribution in [3.05, 3.63) is 0 Å². The largest absolute Gasteiger partial charge is 0.356 e. The third-order valence-electron chi connectivity index (χ3n) is 3.81. The Hall–Kier alpha value is -0.710. The van der Waals surface area contributed by atoms with Gasteiger partial charge in [-0.2, -0.15) is 0 Å². The molecule has 0 aliphatic heterocycles. The topological polar surface area (TPSA) is 55.1 Å². The fourth-order valence-corrected chi connectivity index (χ4v) is 2.38. The van der Waals surface area contributed by atoms with Gasteiger partial charge in [-0.25, -0.2) is 8.78 Å². The molecule has 3 nitrogen and oxygen atoms in total. The molecule has 1 fully saturated rings. The summed E-state index contributed by atoms with van der Waals surface area (Å²) < 4.78 is 25.9. The van der Waals surface area contributed by atoms with Gasteiger partial charge in [0, 0.05) is 25.3 Å². The fraction of sp³-hybridized carbons (Fsp3) is 0.923. The Morgan fingerprint density at radius 2 is 2.06 bits per heavy atom. The number of halogens is 2. The maximum Gasteiger partial charge on any atom is 0.248 e. The summed E-state index contributed by atoms with van der Waals surface area (Å²) in [5.74, 6) is -2.48. The molecule has 1 aliphatic rings. The first-order valence-corrected chi connectivity index (χ1v) is 6.84. The van der Waals surface area contributed by atoms with Gasteiger partial charge < -0.3 is 11.1 Å². The zero-order chi connectivity index (χ0) is 13.6. The summed E-state index contributed by atoms with van der Waals surface area (Å²) >= 11 is 0. The van der Waals surface area contributed by atoms with Crippen molar-refractivity contribution >= 4 is 5.91 Å². The molecule has 0 radical (unpaired) electrons. The molecule has 0 saturated heterocycles. The summed E-state index contributed by atoms with van der Waals surface area (Å²) in [6.45, 7) is 3.29. The number of carbonyl (C=O) groups excluding carboxylic acids is 1. The molecule has 1 saturated carbocycles. The first kappa shape index (κ1) is 15.3. The first-order chi connectivity index (χ1) is 8.48. The highest BCUT2D eigenvalue weighted by atomic mass is 19.3. The molecule has 0 bridgehead atoms. The summed E-state index contributed by atoms with van der Waals surface area (Å²) in [6, 6.07) is 0. The Kier molecular flexibility index (Phi) is 5.99. The number of alkyl halides is 2. The minimum Gasteiger partial charge on any atom is -0.356 e. The standard InChI is InChI=1S/C13H24F2N2O/c1-2-10(5-8-16)9-17-12(18)11-3-6-13(14,15)7-4-11/h10-11H,2-9,16H2,1H3,(H,17,18). The molecule has 1 unspecified atom stereocenters. The lowest BCUT2D eigenvalue weighted by molar-refractivity contribution is -0.129. The summed E-state index contributed by atoms with van der Waals surface area (Å²) in [6.07, 6.45) is 2.13. The fourth-order valence-electron chi connectivity index (χ4n) is 2.38. The van der Waals surface area contributed by atoms with E-state index >= 15 is 0 Å². The van der Waals surface area contributed by atoms with Crippen LogP contribution < -0.4 is 11.1 Å². The van der Waals surface area contributed by atoms with E-state index in [4.69, 9.17) is 5.73 Å². The number of nitrogens with two attached hydrogens (primary N) is 1. The van der Waals surface area contributed by atoms with Crippen molar-refractivity contribution in [1.29, 1.82) is 0 Å². The molecular formula is C13H24F2N2O. The molecule has 0 heterocycles. The Morgan fingerprint density at radius 1 is 1.44 bits per heavy atom. The molecule has 5 heteroatoms. The molecule has 0 spiro atoms. The van der Waals surface area contributed by atoms with Crippen LogP contribution in [0.2, 0.25) is 0 Å². The third-order valence-corrected chi connectivity index (χ3v) is 3.81. The van der Waals surface area contributed by atoms with Gasteiger partial charge in [0.15, 0.2) is 0 Å². The molecule has 0 aromatic rings. The van der Waals surface area contributed by atoms with Crippen LogP contribution in [0.1, 0.15) is 45.4 Å². The Morgan fingerprint density at radius 3 is 2.56 bits per heavy atom. The van der Waals surface area contributed by atoms with Crippen LogP contribution in [0.5, 0.6) is 0 Å². The van der Waals surface area contributed by atoms with E-state index in [-0.39, 0.29) is 24.7 Å². The second-order valence-electron chi connectivity index (χ2n) is 5.23. The lowest BCUT2D eigenvalue weighted by Crippen LogP contribution is -2.38. The highest BCUT2D eigenvalue weighted by molar-refractivity contribution is 5.78. The van der Waals surface area contributed by atoms with Crippen LogP contribution in [0, 0.1) is 11.8 Å². The first-order valence-electron chi connectivity index (χ1n) is 6.84. The van der Waals surface area contributed by atoms with Crippen molar-refractivity contribution in [2.24, 2.45) is 17.6 Å². The summed E-state index contributed by atoms with van der Waals surface area (Å²) in [5.41, 5.74) is 5.49. The zero-order valence-electron chi connectivity index (χ0n) is 11.1. The van der Waals surface area contributed by atoms with E-state index in [2.05, 4.69) is 12.2 Å². The molecule has 0 aromatic carbocycles. The lowest BCUT2D eigenvalue weighted by Gasteiger charge is -2.27. The second-order valence-corrected chi connectivity index (χ2v) is 5.23. The summed E-state index contributed by atoms with van der Waals surface area (Å²) in [5, 5.41) is 2.88. The number of rotatable bonds is 6. The highest BCUT2D eigenvalue weighted by Gasteiger charge is 2.37. The van der Waals surface area contributed by atoms with Crippen LogP contribution in [0.4, 0.5) is 8.78 Å². The maximum absolute atomic E-state index is 13.0.